The third-order valence-electron chi connectivity index (χ3n) is 5.56. The van der Waals surface area contributed by atoms with Gasteiger partial charge in [-0.3, -0.25) is 4.79 Å². The number of hydrogen-bond acceptors (Lipinski definition) is 3. The van der Waals surface area contributed by atoms with Gasteiger partial charge >= 0.3 is 0 Å². The molecule has 0 N–H and O–H groups in total. The Morgan fingerprint density at radius 2 is 1.16 bits per heavy atom. The number of aryl methyl sites for hydroxylation is 2. The molecule has 32 heavy (non-hydrogen) atoms. The number of benzene rings is 4. The highest BCUT2D eigenvalue weighted by molar-refractivity contribution is 5.93. The largest absolute Gasteiger partial charge is 0.457 e. The fraction of sp³-hybridized carbons (Fsp3) is 0.0714. The van der Waals surface area contributed by atoms with Gasteiger partial charge in [-0.25, -0.2) is 4.68 Å². The van der Waals surface area contributed by atoms with Gasteiger partial charge in [0.2, 0.25) is 0 Å². The summed E-state index contributed by atoms with van der Waals surface area (Å²) in [6.07, 6.45) is 0. The van der Waals surface area contributed by atoms with Crippen LogP contribution in [0.25, 0.3) is 33.2 Å². The van der Waals surface area contributed by atoms with Gasteiger partial charge in [0.15, 0.2) is 0 Å². The van der Waals surface area contributed by atoms with Crippen molar-refractivity contribution >= 4 is 10.8 Å². The van der Waals surface area contributed by atoms with Crippen molar-refractivity contribution in [3.63, 3.8) is 0 Å². The third-order valence-corrected chi connectivity index (χ3v) is 5.56. The van der Waals surface area contributed by atoms with Crippen molar-refractivity contribution in [1.82, 2.24) is 9.78 Å². The van der Waals surface area contributed by atoms with E-state index in [-0.39, 0.29) is 5.56 Å². The van der Waals surface area contributed by atoms with E-state index in [4.69, 9.17) is 4.74 Å². The van der Waals surface area contributed by atoms with Crippen molar-refractivity contribution in [2.45, 2.75) is 6.92 Å². The molecule has 0 fully saturated rings. The van der Waals surface area contributed by atoms with Crippen LogP contribution in [0.4, 0.5) is 0 Å². The van der Waals surface area contributed by atoms with Crippen LogP contribution in [0.5, 0.6) is 11.5 Å². The number of rotatable bonds is 4. The second-order valence-electron chi connectivity index (χ2n) is 7.84. The highest BCUT2D eigenvalue weighted by atomic mass is 16.5. The second-order valence-corrected chi connectivity index (χ2v) is 7.84. The van der Waals surface area contributed by atoms with Crippen LogP contribution in [-0.2, 0) is 7.05 Å². The molecule has 0 saturated heterocycles. The molecule has 4 nitrogen and oxygen atoms in total. The number of nitrogens with zero attached hydrogens (tertiary/aromatic N) is 2. The van der Waals surface area contributed by atoms with Gasteiger partial charge < -0.3 is 4.74 Å². The average molecular weight is 418 g/mol. The Balaban J connectivity index is 1.39. The highest BCUT2D eigenvalue weighted by Gasteiger charge is 2.10. The lowest BCUT2D eigenvalue weighted by molar-refractivity contribution is 0.483. The predicted molar refractivity (Wildman–Crippen MR) is 129 cm³/mol. The summed E-state index contributed by atoms with van der Waals surface area (Å²) in [6, 6.07) is 31.9. The summed E-state index contributed by atoms with van der Waals surface area (Å²) in [5, 5.41) is 6.00. The smallest absolute Gasteiger partial charge is 0.274 e. The zero-order chi connectivity index (χ0) is 22.1. The summed E-state index contributed by atoms with van der Waals surface area (Å²) in [4.78, 5) is 12.4. The SMILES string of the molecule is Cc1ccc(-c2ccc(Oc3ccc(-c4nn(C)c(=O)c5ccccc45)cc3)cc2)cc1. The third kappa shape index (κ3) is 3.79. The van der Waals surface area contributed by atoms with E-state index in [1.165, 1.54) is 15.8 Å². The first-order valence-corrected chi connectivity index (χ1v) is 10.5. The molecule has 1 aromatic heterocycles. The minimum Gasteiger partial charge on any atom is -0.457 e. The van der Waals surface area contributed by atoms with Gasteiger partial charge in [-0.2, -0.15) is 5.10 Å². The lowest BCUT2D eigenvalue weighted by Gasteiger charge is -2.10. The molecule has 0 saturated carbocycles. The average Bonchev–Trinajstić information content (AvgIpc) is 2.83. The number of hydrogen-bond donors (Lipinski definition) is 0. The van der Waals surface area contributed by atoms with Crippen molar-refractivity contribution in [3.05, 3.63) is 113 Å². The topological polar surface area (TPSA) is 44.1 Å². The number of fused-ring (bicyclic) bond motifs is 1. The quantitative estimate of drug-likeness (QED) is 0.341. The van der Waals surface area contributed by atoms with Gasteiger partial charge in [-0.15, -0.1) is 0 Å². The van der Waals surface area contributed by atoms with Gasteiger partial charge in [0.1, 0.15) is 11.5 Å². The van der Waals surface area contributed by atoms with E-state index in [1.54, 1.807) is 7.05 Å². The molecule has 0 radical (unpaired) electrons. The minimum absolute atomic E-state index is 0.0987. The van der Waals surface area contributed by atoms with E-state index >= 15 is 0 Å². The second kappa shape index (κ2) is 8.16. The molecule has 0 atom stereocenters. The van der Waals surface area contributed by atoms with Gasteiger partial charge in [0, 0.05) is 18.0 Å². The van der Waals surface area contributed by atoms with Gasteiger partial charge in [-0.1, -0.05) is 60.2 Å². The number of aromatic nitrogens is 2. The van der Waals surface area contributed by atoms with E-state index in [1.807, 2.05) is 60.7 Å². The highest BCUT2D eigenvalue weighted by Crippen LogP contribution is 2.29. The monoisotopic (exact) mass is 418 g/mol. The van der Waals surface area contributed by atoms with Crippen molar-refractivity contribution in [3.8, 4) is 33.9 Å². The van der Waals surface area contributed by atoms with E-state index < -0.39 is 0 Å². The standard InChI is InChI=1S/C28H22N2O2/c1-19-7-9-20(10-8-19)21-11-15-23(16-12-21)32-24-17-13-22(14-18-24)27-25-5-3-4-6-26(25)28(31)30(2)29-27/h3-18H,1-2H3. The molecular formula is C28H22N2O2. The van der Waals surface area contributed by atoms with Crippen LogP contribution in [0.3, 0.4) is 0 Å². The van der Waals surface area contributed by atoms with Crippen LogP contribution in [0.15, 0.2) is 102 Å². The Kier molecular flexibility index (Phi) is 5.04. The summed E-state index contributed by atoms with van der Waals surface area (Å²) < 4.78 is 7.42. The Morgan fingerprint density at radius 1 is 0.656 bits per heavy atom. The zero-order valence-corrected chi connectivity index (χ0v) is 17.9. The lowest BCUT2D eigenvalue weighted by Crippen LogP contribution is -2.20. The number of ether oxygens (including phenoxy) is 1. The summed E-state index contributed by atoms with van der Waals surface area (Å²) in [7, 11) is 1.68. The molecule has 1 heterocycles. The van der Waals surface area contributed by atoms with Crippen molar-refractivity contribution in [1.29, 1.82) is 0 Å². The predicted octanol–water partition coefficient (Wildman–Crippen LogP) is 6.37. The maximum absolute atomic E-state index is 12.4. The van der Waals surface area contributed by atoms with Crippen LogP contribution in [0, 0.1) is 6.92 Å². The fourth-order valence-electron chi connectivity index (χ4n) is 3.79. The summed E-state index contributed by atoms with van der Waals surface area (Å²) in [5.74, 6) is 1.52. The molecule has 0 aliphatic carbocycles. The molecular weight excluding hydrogens is 396 g/mol. The molecule has 0 spiro atoms. The van der Waals surface area contributed by atoms with E-state index in [9.17, 15) is 4.79 Å². The summed E-state index contributed by atoms with van der Waals surface area (Å²) in [5.41, 5.74) is 5.19. The Hall–Kier alpha value is -4.18. The molecule has 0 unspecified atom stereocenters. The summed E-state index contributed by atoms with van der Waals surface area (Å²) in [6.45, 7) is 2.09. The summed E-state index contributed by atoms with van der Waals surface area (Å²) >= 11 is 0. The normalized spacial score (nSPS) is 10.9. The first-order valence-electron chi connectivity index (χ1n) is 10.5. The van der Waals surface area contributed by atoms with E-state index in [0.717, 1.165) is 33.7 Å². The van der Waals surface area contributed by atoms with Crippen LogP contribution in [0.2, 0.25) is 0 Å². The maximum Gasteiger partial charge on any atom is 0.274 e. The van der Waals surface area contributed by atoms with E-state index in [0.29, 0.717) is 5.39 Å². The molecule has 5 aromatic rings. The van der Waals surface area contributed by atoms with Crippen LogP contribution in [-0.4, -0.2) is 9.78 Å². The fourth-order valence-corrected chi connectivity index (χ4v) is 3.79. The van der Waals surface area contributed by atoms with Crippen LogP contribution in [0.1, 0.15) is 5.56 Å². The first-order chi connectivity index (χ1) is 15.6. The van der Waals surface area contributed by atoms with Gasteiger partial charge in [0.05, 0.1) is 11.1 Å². The van der Waals surface area contributed by atoms with Gasteiger partial charge in [-0.05, 0) is 60.5 Å². The zero-order valence-electron chi connectivity index (χ0n) is 17.9. The molecule has 0 amide bonds. The van der Waals surface area contributed by atoms with Crippen LogP contribution >= 0.6 is 0 Å². The Labute approximate surface area is 186 Å². The Bertz CT molecular complexity index is 1450. The molecule has 156 valence electrons. The molecule has 4 aromatic carbocycles. The minimum atomic E-state index is -0.0987. The van der Waals surface area contributed by atoms with Crippen molar-refractivity contribution < 1.29 is 4.74 Å². The maximum atomic E-state index is 12.4. The van der Waals surface area contributed by atoms with E-state index in [2.05, 4.69) is 48.4 Å². The molecule has 5 rings (SSSR count). The first kappa shape index (κ1) is 19.8. The molecule has 0 aliphatic rings. The lowest BCUT2D eigenvalue weighted by atomic mass is 10.0. The van der Waals surface area contributed by atoms with Crippen molar-refractivity contribution in [2.24, 2.45) is 7.05 Å². The van der Waals surface area contributed by atoms with Crippen molar-refractivity contribution in [2.75, 3.05) is 0 Å². The van der Waals surface area contributed by atoms with Crippen LogP contribution < -0.4 is 10.3 Å². The van der Waals surface area contributed by atoms with Gasteiger partial charge in [0.25, 0.3) is 5.56 Å². The molecule has 0 aliphatic heterocycles. The Morgan fingerprint density at radius 3 is 1.75 bits per heavy atom. The molecule has 0 bridgehead atoms. The molecule has 4 heteroatoms.